The number of amides is 3. The highest BCUT2D eigenvalue weighted by molar-refractivity contribution is 8.13. The number of hydrogen-bond acceptors (Lipinski definition) is 4. The van der Waals surface area contributed by atoms with Gasteiger partial charge in [0.15, 0.2) is 0 Å². The zero-order valence-corrected chi connectivity index (χ0v) is 18.2. The van der Waals surface area contributed by atoms with Crippen LogP contribution in [-0.2, 0) is 4.79 Å². The molecule has 1 atom stereocenters. The van der Waals surface area contributed by atoms with Gasteiger partial charge in [-0.3, -0.25) is 14.4 Å². The Morgan fingerprint density at radius 1 is 0.931 bits per heavy atom. The molecule has 2 aromatic carbocycles. The molecule has 2 rings (SSSR count). The van der Waals surface area contributed by atoms with Crippen molar-refractivity contribution in [1.82, 2.24) is 10.2 Å². The second-order valence-electron chi connectivity index (χ2n) is 7.34. The van der Waals surface area contributed by atoms with E-state index in [0.717, 1.165) is 22.2 Å². The Bertz CT molecular complexity index is 862. The number of benzene rings is 2. The number of aryl methyl sites for hydroxylation is 1. The molecule has 0 aliphatic rings. The molecule has 0 aromatic heterocycles. The maximum atomic E-state index is 12.7. The number of anilines is 1. The van der Waals surface area contributed by atoms with Crippen LogP contribution < -0.4 is 10.6 Å². The molecule has 0 radical (unpaired) electrons. The molecule has 0 spiro atoms. The summed E-state index contributed by atoms with van der Waals surface area (Å²) in [4.78, 5) is 39.3. The SMILES string of the molecule is Cc1ccc(C(=O)NC(C(=O)Nc2ccc(SC(=O)N(C)C)cc2)C(C)C)cc1. The third kappa shape index (κ3) is 6.64. The van der Waals surface area contributed by atoms with Crippen molar-refractivity contribution in [3.8, 4) is 0 Å². The first-order valence-corrected chi connectivity index (χ1v) is 10.2. The first kappa shape index (κ1) is 22.5. The van der Waals surface area contributed by atoms with Gasteiger partial charge in [-0.15, -0.1) is 0 Å². The molecule has 3 amide bonds. The predicted octanol–water partition coefficient (Wildman–Crippen LogP) is 4.16. The lowest BCUT2D eigenvalue weighted by Crippen LogP contribution is -2.47. The number of hydrogen-bond donors (Lipinski definition) is 2. The average Bonchev–Trinajstić information content (AvgIpc) is 2.67. The Morgan fingerprint density at radius 3 is 2.03 bits per heavy atom. The van der Waals surface area contributed by atoms with Gasteiger partial charge in [0.1, 0.15) is 6.04 Å². The van der Waals surface area contributed by atoms with Crippen molar-refractivity contribution in [2.75, 3.05) is 19.4 Å². The molecule has 0 saturated carbocycles. The van der Waals surface area contributed by atoms with Crippen molar-refractivity contribution in [2.45, 2.75) is 31.7 Å². The van der Waals surface area contributed by atoms with Crippen LogP contribution in [0.3, 0.4) is 0 Å². The predicted molar refractivity (Wildman–Crippen MR) is 117 cm³/mol. The van der Waals surface area contributed by atoms with Gasteiger partial charge in [0.05, 0.1) is 0 Å². The molecule has 0 saturated heterocycles. The lowest BCUT2D eigenvalue weighted by atomic mass is 10.0. The van der Waals surface area contributed by atoms with E-state index < -0.39 is 6.04 Å². The van der Waals surface area contributed by atoms with Crippen molar-refractivity contribution in [3.63, 3.8) is 0 Å². The quantitative estimate of drug-likeness (QED) is 0.697. The molecule has 1 unspecified atom stereocenters. The van der Waals surface area contributed by atoms with Crippen molar-refractivity contribution in [3.05, 3.63) is 59.7 Å². The van der Waals surface area contributed by atoms with Gasteiger partial charge in [-0.25, -0.2) is 0 Å². The second-order valence-corrected chi connectivity index (χ2v) is 8.36. The summed E-state index contributed by atoms with van der Waals surface area (Å²) in [5.41, 5.74) is 2.18. The first-order chi connectivity index (χ1) is 13.7. The van der Waals surface area contributed by atoms with Crippen LogP contribution in [0, 0.1) is 12.8 Å². The van der Waals surface area contributed by atoms with E-state index in [1.54, 1.807) is 50.5 Å². The lowest BCUT2D eigenvalue weighted by Gasteiger charge is -2.22. The third-order valence-electron chi connectivity index (χ3n) is 4.24. The standard InChI is InChI=1S/C22H27N3O3S/c1-14(2)19(24-20(26)16-8-6-15(3)7-9-16)21(27)23-17-10-12-18(13-11-17)29-22(28)25(4)5/h6-14,19H,1-5H3,(H,23,27)(H,24,26). The molecule has 2 aromatic rings. The highest BCUT2D eigenvalue weighted by Gasteiger charge is 2.24. The van der Waals surface area contributed by atoms with Crippen LogP contribution in [0.15, 0.2) is 53.4 Å². The van der Waals surface area contributed by atoms with Gasteiger partial charge < -0.3 is 15.5 Å². The zero-order chi connectivity index (χ0) is 21.6. The van der Waals surface area contributed by atoms with Gasteiger partial charge in [-0.2, -0.15) is 0 Å². The smallest absolute Gasteiger partial charge is 0.285 e. The van der Waals surface area contributed by atoms with Crippen molar-refractivity contribution >= 4 is 34.5 Å². The zero-order valence-electron chi connectivity index (χ0n) is 17.4. The molecular weight excluding hydrogens is 386 g/mol. The van der Waals surface area contributed by atoms with Crippen LogP contribution in [0.25, 0.3) is 0 Å². The molecule has 0 fully saturated rings. The Labute approximate surface area is 176 Å². The maximum Gasteiger partial charge on any atom is 0.285 e. The van der Waals surface area contributed by atoms with Gasteiger partial charge in [-0.1, -0.05) is 31.5 Å². The monoisotopic (exact) mass is 413 g/mol. The Kier molecular flexibility index (Phi) is 7.84. The molecule has 0 heterocycles. The molecule has 0 aliphatic heterocycles. The normalized spacial score (nSPS) is 11.7. The number of nitrogens with zero attached hydrogens (tertiary/aromatic N) is 1. The summed E-state index contributed by atoms with van der Waals surface area (Å²) in [5.74, 6) is -0.657. The molecule has 0 aliphatic carbocycles. The fraction of sp³-hybridized carbons (Fsp3) is 0.318. The second kappa shape index (κ2) is 10.1. The van der Waals surface area contributed by atoms with Gasteiger partial charge >= 0.3 is 0 Å². The van der Waals surface area contributed by atoms with Crippen LogP contribution in [0.5, 0.6) is 0 Å². The summed E-state index contributed by atoms with van der Waals surface area (Å²) < 4.78 is 0. The van der Waals surface area contributed by atoms with Crippen LogP contribution in [0.2, 0.25) is 0 Å². The summed E-state index contributed by atoms with van der Waals surface area (Å²) in [6.07, 6.45) is 0. The summed E-state index contributed by atoms with van der Waals surface area (Å²) in [6, 6.07) is 13.6. The van der Waals surface area contributed by atoms with Crippen molar-refractivity contribution < 1.29 is 14.4 Å². The topological polar surface area (TPSA) is 78.5 Å². The van der Waals surface area contributed by atoms with Crippen LogP contribution in [-0.4, -0.2) is 42.1 Å². The van der Waals surface area contributed by atoms with Crippen molar-refractivity contribution in [2.24, 2.45) is 5.92 Å². The van der Waals surface area contributed by atoms with E-state index in [9.17, 15) is 14.4 Å². The van der Waals surface area contributed by atoms with Crippen molar-refractivity contribution in [1.29, 1.82) is 0 Å². The van der Waals surface area contributed by atoms with E-state index in [4.69, 9.17) is 0 Å². The number of rotatable bonds is 6. The summed E-state index contributed by atoms with van der Waals surface area (Å²) in [6.45, 7) is 5.71. The minimum absolute atomic E-state index is 0.0690. The lowest BCUT2D eigenvalue weighted by molar-refractivity contribution is -0.118. The molecule has 7 heteroatoms. The minimum atomic E-state index is -0.673. The van der Waals surface area contributed by atoms with Crippen LogP contribution in [0.4, 0.5) is 10.5 Å². The highest BCUT2D eigenvalue weighted by atomic mass is 32.2. The van der Waals surface area contributed by atoms with E-state index in [1.807, 2.05) is 32.9 Å². The summed E-state index contributed by atoms with van der Waals surface area (Å²) in [5, 5.41) is 5.58. The minimum Gasteiger partial charge on any atom is -0.340 e. The van der Waals surface area contributed by atoms with E-state index >= 15 is 0 Å². The Balaban J connectivity index is 2.02. The van der Waals surface area contributed by atoms with Gasteiger partial charge in [-0.05, 0) is 61.0 Å². The third-order valence-corrected chi connectivity index (χ3v) is 5.29. The molecule has 154 valence electrons. The maximum absolute atomic E-state index is 12.7. The molecule has 6 nitrogen and oxygen atoms in total. The van der Waals surface area contributed by atoms with Crippen LogP contribution >= 0.6 is 11.8 Å². The van der Waals surface area contributed by atoms with E-state index in [-0.39, 0.29) is 23.0 Å². The van der Waals surface area contributed by atoms with Gasteiger partial charge in [0.2, 0.25) is 5.91 Å². The van der Waals surface area contributed by atoms with E-state index in [1.165, 1.54) is 4.90 Å². The molecule has 29 heavy (non-hydrogen) atoms. The number of carbonyl (C=O) groups excluding carboxylic acids is 3. The number of carbonyl (C=O) groups is 3. The largest absolute Gasteiger partial charge is 0.340 e. The van der Waals surface area contributed by atoms with Gasteiger partial charge in [0.25, 0.3) is 11.1 Å². The average molecular weight is 414 g/mol. The number of thioether (sulfide) groups is 1. The number of nitrogens with one attached hydrogen (secondary N) is 2. The Hall–Kier alpha value is -2.80. The van der Waals surface area contributed by atoms with E-state index in [2.05, 4.69) is 10.6 Å². The molecule has 2 N–H and O–H groups in total. The molecule has 0 bridgehead atoms. The molecular formula is C22H27N3O3S. The van der Waals surface area contributed by atoms with E-state index in [0.29, 0.717) is 11.3 Å². The van der Waals surface area contributed by atoms with Crippen LogP contribution in [0.1, 0.15) is 29.8 Å². The first-order valence-electron chi connectivity index (χ1n) is 9.35. The highest BCUT2D eigenvalue weighted by Crippen LogP contribution is 2.22. The van der Waals surface area contributed by atoms with Gasteiger partial charge in [0, 0.05) is 30.2 Å². The summed E-state index contributed by atoms with van der Waals surface area (Å²) >= 11 is 1.11. The Morgan fingerprint density at radius 2 is 1.52 bits per heavy atom. The fourth-order valence-corrected chi connectivity index (χ4v) is 3.14. The fourth-order valence-electron chi connectivity index (χ4n) is 2.48. The summed E-state index contributed by atoms with van der Waals surface area (Å²) in [7, 11) is 3.39.